The number of aromatic nitrogens is 6. The van der Waals surface area contributed by atoms with Gasteiger partial charge in [-0.15, -0.1) is 0 Å². The van der Waals surface area contributed by atoms with Crippen LogP contribution in [0.5, 0.6) is 0 Å². The molecule has 0 saturated carbocycles. The number of benzene rings is 4. The van der Waals surface area contributed by atoms with Crippen molar-refractivity contribution in [3.05, 3.63) is 159 Å². The predicted molar refractivity (Wildman–Crippen MR) is 269 cm³/mol. The summed E-state index contributed by atoms with van der Waals surface area (Å²) in [6.07, 6.45) is 12.8. The number of piperidine rings is 1. The Morgan fingerprint density at radius 2 is 1.14 bits per heavy atom. The Morgan fingerprint density at radius 1 is 0.609 bits per heavy atom. The number of carbonyl (C=O) groups is 2. The maximum atomic E-state index is 15.0. The molecule has 15 nitrogen and oxygen atoms in total. The van der Waals surface area contributed by atoms with E-state index >= 15 is 8.78 Å². The minimum atomic E-state index is -0.424. The fraction of sp³-hybridized carbons (Fsp3) is 0.154. The van der Waals surface area contributed by atoms with Gasteiger partial charge in [0.1, 0.15) is 23.3 Å². The summed E-state index contributed by atoms with van der Waals surface area (Å²) in [4.78, 5) is 52.6. The van der Waals surface area contributed by atoms with Crippen LogP contribution in [-0.4, -0.2) is 73.9 Å². The maximum absolute atomic E-state index is 15.0. The Kier molecular flexibility index (Phi) is 13.7. The molecular weight excluding hydrogens is 877 g/mol. The van der Waals surface area contributed by atoms with E-state index in [1.54, 1.807) is 85.5 Å². The first-order chi connectivity index (χ1) is 33.7. The molecule has 17 heteroatoms. The Hall–Kier alpha value is -8.70. The molecule has 2 amide bonds. The highest BCUT2D eigenvalue weighted by molar-refractivity contribution is 6.01. The van der Waals surface area contributed by atoms with Crippen LogP contribution in [0.15, 0.2) is 147 Å². The summed E-state index contributed by atoms with van der Waals surface area (Å²) in [7, 11) is 0. The van der Waals surface area contributed by atoms with Crippen LogP contribution in [0.25, 0.3) is 44.1 Å². The molecule has 4 aromatic heterocycles. The van der Waals surface area contributed by atoms with Crippen molar-refractivity contribution < 1.29 is 18.4 Å². The van der Waals surface area contributed by atoms with Crippen molar-refractivity contribution in [3.8, 4) is 22.3 Å². The molecule has 4 aromatic carbocycles. The Morgan fingerprint density at radius 3 is 1.61 bits per heavy atom. The van der Waals surface area contributed by atoms with E-state index < -0.39 is 11.6 Å². The summed E-state index contributed by atoms with van der Waals surface area (Å²) >= 11 is 0. The highest BCUT2D eigenvalue weighted by atomic mass is 19.1. The van der Waals surface area contributed by atoms with Gasteiger partial charge in [0.2, 0.25) is 23.7 Å². The van der Waals surface area contributed by atoms with Gasteiger partial charge in [0.15, 0.2) is 0 Å². The molecule has 6 N–H and O–H groups in total. The lowest BCUT2D eigenvalue weighted by Crippen LogP contribution is -2.51. The van der Waals surface area contributed by atoms with Crippen LogP contribution < -0.4 is 36.8 Å². The minimum absolute atomic E-state index is 0.321. The van der Waals surface area contributed by atoms with E-state index in [-0.39, 0.29) is 11.8 Å². The fourth-order valence-corrected chi connectivity index (χ4v) is 7.89. The van der Waals surface area contributed by atoms with Crippen LogP contribution in [0.3, 0.4) is 0 Å². The fourth-order valence-electron chi connectivity index (χ4n) is 7.89. The molecule has 0 aliphatic carbocycles. The second-order valence-electron chi connectivity index (χ2n) is 16.3. The lowest BCUT2D eigenvalue weighted by atomic mass is 10.0. The first-order valence-corrected chi connectivity index (χ1v) is 22.4. The van der Waals surface area contributed by atoms with E-state index in [9.17, 15) is 9.59 Å². The number of rotatable bonds is 13. The van der Waals surface area contributed by atoms with Crippen LogP contribution in [0.1, 0.15) is 19.3 Å². The average molecular weight is 924 g/mol. The lowest BCUT2D eigenvalue weighted by molar-refractivity contribution is -0.112. The van der Waals surface area contributed by atoms with Crippen molar-refractivity contribution in [1.29, 1.82) is 0 Å². The molecule has 6 heterocycles. The van der Waals surface area contributed by atoms with Gasteiger partial charge in [0.25, 0.3) is 0 Å². The first-order valence-electron chi connectivity index (χ1n) is 22.4. The van der Waals surface area contributed by atoms with Crippen molar-refractivity contribution in [2.24, 2.45) is 0 Å². The van der Waals surface area contributed by atoms with Gasteiger partial charge in [-0.2, -0.15) is 0 Å². The number of amides is 2. The van der Waals surface area contributed by atoms with Gasteiger partial charge in [-0.25, -0.2) is 38.7 Å². The van der Waals surface area contributed by atoms with Gasteiger partial charge in [-0.3, -0.25) is 9.59 Å². The summed E-state index contributed by atoms with van der Waals surface area (Å²) < 4.78 is 30.0. The maximum Gasteiger partial charge on any atom is 0.247 e. The third kappa shape index (κ3) is 11.0. The number of halogens is 2. The average Bonchev–Trinajstić information content (AvgIpc) is 3.36. The second kappa shape index (κ2) is 20.9. The molecular formula is C52H47F2N13O2. The zero-order chi connectivity index (χ0) is 47.7. The quantitative estimate of drug-likeness (QED) is 0.0601. The molecule has 2 aliphatic rings. The molecule has 0 atom stereocenters. The van der Waals surface area contributed by atoms with Gasteiger partial charge in [0, 0.05) is 71.8 Å². The smallest absolute Gasteiger partial charge is 0.247 e. The molecule has 0 spiro atoms. The summed E-state index contributed by atoms with van der Waals surface area (Å²) in [5.74, 6) is 0.896. The molecule has 0 bridgehead atoms. The van der Waals surface area contributed by atoms with Crippen molar-refractivity contribution in [2.45, 2.75) is 25.3 Å². The van der Waals surface area contributed by atoms with E-state index in [0.717, 1.165) is 43.5 Å². The van der Waals surface area contributed by atoms with Gasteiger partial charge in [0.05, 0.1) is 40.8 Å². The van der Waals surface area contributed by atoms with Gasteiger partial charge in [-0.05, 0) is 115 Å². The monoisotopic (exact) mass is 923 g/mol. The van der Waals surface area contributed by atoms with Crippen molar-refractivity contribution in [2.75, 3.05) is 57.7 Å². The van der Waals surface area contributed by atoms with Crippen LogP contribution >= 0.6 is 0 Å². The van der Waals surface area contributed by atoms with Crippen LogP contribution in [0.2, 0.25) is 0 Å². The van der Waals surface area contributed by atoms with Crippen LogP contribution in [0, 0.1) is 11.6 Å². The van der Waals surface area contributed by atoms with Crippen molar-refractivity contribution in [1.82, 2.24) is 35.2 Å². The third-order valence-corrected chi connectivity index (χ3v) is 11.4. The predicted octanol–water partition coefficient (Wildman–Crippen LogP) is 9.77. The zero-order valence-corrected chi connectivity index (χ0v) is 37.3. The number of fused-ring (bicyclic) bond motifs is 2. The number of carbonyl (C=O) groups excluding carboxylic acids is 2. The Balaban J connectivity index is 0.000000172. The van der Waals surface area contributed by atoms with Crippen LogP contribution in [-0.2, 0) is 9.59 Å². The minimum Gasteiger partial charge on any atom is -0.365 e. The summed E-state index contributed by atoms with van der Waals surface area (Å²) in [5, 5.41) is 19.6. The van der Waals surface area contributed by atoms with E-state index in [2.05, 4.69) is 79.9 Å². The molecule has 69 heavy (non-hydrogen) atoms. The molecule has 2 aliphatic heterocycles. The summed E-state index contributed by atoms with van der Waals surface area (Å²) in [6, 6.07) is 28.1. The normalized spacial score (nSPS) is 13.3. The van der Waals surface area contributed by atoms with E-state index in [1.807, 2.05) is 24.3 Å². The Labute approximate surface area is 396 Å². The van der Waals surface area contributed by atoms with Gasteiger partial charge >= 0.3 is 0 Å². The summed E-state index contributed by atoms with van der Waals surface area (Å²) in [5.41, 5.74) is 5.27. The number of hydrogen-bond donors (Lipinski definition) is 6. The van der Waals surface area contributed by atoms with Crippen LogP contribution in [0.4, 0.5) is 55.1 Å². The SMILES string of the molecule is C=CC(=O)Nc1cccc(-c2c(F)ccc3cnc(Nc4ccc(N5CCCCC5)nc4)nc23)c1.C=CC(=O)Nc1cccc(-c2c(F)ccc3cnc(Nc4ccc(NC5CNC5)nc4)nc23)c1. The molecule has 10 rings (SSSR count). The van der Waals surface area contributed by atoms with Crippen molar-refractivity contribution >= 4 is 79.9 Å². The number of nitrogens with zero attached hydrogens (tertiary/aromatic N) is 7. The second-order valence-corrected chi connectivity index (χ2v) is 16.3. The molecule has 0 unspecified atom stereocenters. The number of pyridine rings is 2. The summed E-state index contributed by atoms with van der Waals surface area (Å²) in [6.45, 7) is 10.8. The van der Waals surface area contributed by atoms with E-state index in [1.165, 1.54) is 43.5 Å². The highest BCUT2D eigenvalue weighted by Crippen LogP contribution is 2.34. The number of hydrogen-bond acceptors (Lipinski definition) is 13. The number of anilines is 8. The molecule has 2 saturated heterocycles. The largest absolute Gasteiger partial charge is 0.365 e. The van der Waals surface area contributed by atoms with Gasteiger partial charge < -0.3 is 36.8 Å². The first kappa shape index (κ1) is 45.5. The standard InChI is InChI=1S/C27H25FN6O.C25H22FN7O/c1-2-24(35)31-20-8-6-7-18(15-20)25-22(28)11-9-19-16-30-27(33-26(19)25)32-21-10-12-23(29-17-21)34-13-4-3-5-14-34;1-2-22(34)31-17-5-3-4-15(10-17)23-20(26)8-6-16-11-29-25(33-24(16)23)32-18-7-9-21(28-14-18)30-19-12-27-13-19/h2,6-12,15-17H,1,3-5,13-14H2,(H,31,35)(H,30,32,33);2-11,14,19,27H,1,12-13H2,(H,28,30)(H,31,34)(H,29,32,33). The lowest BCUT2D eigenvalue weighted by Gasteiger charge is -2.28. The van der Waals surface area contributed by atoms with E-state index in [4.69, 9.17) is 0 Å². The molecule has 8 aromatic rings. The zero-order valence-electron chi connectivity index (χ0n) is 37.3. The van der Waals surface area contributed by atoms with Gasteiger partial charge in [-0.1, -0.05) is 37.4 Å². The highest BCUT2D eigenvalue weighted by Gasteiger charge is 2.18. The van der Waals surface area contributed by atoms with E-state index in [0.29, 0.717) is 79.1 Å². The third-order valence-electron chi connectivity index (χ3n) is 11.4. The molecule has 2 fully saturated rings. The number of nitrogens with one attached hydrogen (secondary N) is 6. The molecule has 346 valence electrons. The Bertz CT molecular complexity index is 3180. The topological polar surface area (TPSA) is 187 Å². The molecule has 0 radical (unpaired) electrons. The van der Waals surface area contributed by atoms with Crippen molar-refractivity contribution in [3.63, 3.8) is 0 Å².